The zero-order chi connectivity index (χ0) is 15.4. The fourth-order valence-electron chi connectivity index (χ4n) is 2.45. The lowest BCUT2D eigenvalue weighted by Gasteiger charge is -2.12. The first kappa shape index (κ1) is 15.6. The largest absolute Gasteiger partial charge is 0.387 e. The molecular weight excluding hydrogens is 264 g/mol. The van der Waals surface area contributed by atoms with Gasteiger partial charge in [0.25, 0.3) is 0 Å². The van der Waals surface area contributed by atoms with Crippen LogP contribution in [0.25, 0.3) is 0 Å². The second-order valence-corrected chi connectivity index (χ2v) is 5.74. The van der Waals surface area contributed by atoms with Gasteiger partial charge in [0, 0.05) is 18.4 Å². The molecule has 0 saturated carbocycles. The van der Waals surface area contributed by atoms with E-state index in [0.717, 1.165) is 18.4 Å². The lowest BCUT2D eigenvalue weighted by atomic mass is 10.0. The van der Waals surface area contributed by atoms with Crippen LogP contribution in [-0.4, -0.2) is 14.2 Å². The lowest BCUT2D eigenvalue weighted by molar-refractivity contribution is 0.154. The maximum Gasteiger partial charge on any atom is 0.328 e. The SMILES string of the molecule is CCCc1ccc(C(O)Cn2ccn(C(C)C)c2=O)cc1. The maximum absolute atomic E-state index is 12.1. The van der Waals surface area contributed by atoms with Gasteiger partial charge in [-0.25, -0.2) is 4.79 Å². The predicted octanol–water partition coefficient (Wildman–Crippen LogP) is 2.92. The molecule has 4 nitrogen and oxygen atoms in total. The van der Waals surface area contributed by atoms with Crippen LogP contribution in [0.15, 0.2) is 41.5 Å². The Labute approximate surface area is 125 Å². The Balaban J connectivity index is 2.10. The van der Waals surface area contributed by atoms with Gasteiger partial charge in [0.2, 0.25) is 0 Å². The molecule has 0 aliphatic rings. The number of aromatic nitrogens is 2. The van der Waals surface area contributed by atoms with E-state index in [1.807, 2.05) is 38.1 Å². The van der Waals surface area contributed by atoms with E-state index in [4.69, 9.17) is 0 Å². The standard InChI is InChI=1S/C17H24N2O2/c1-4-5-14-6-8-15(9-7-14)16(20)12-18-10-11-19(13(2)3)17(18)21/h6-11,13,16,20H,4-5,12H2,1-3H3. The smallest absolute Gasteiger partial charge is 0.328 e. The number of aliphatic hydroxyl groups is 1. The van der Waals surface area contributed by atoms with Crippen molar-refractivity contribution >= 4 is 0 Å². The number of nitrogens with zero attached hydrogens (tertiary/aromatic N) is 2. The van der Waals surface area contributed by atoms with Gasteiger partial charge in [0.1, 0.15) is 0 Å². The van der Waals surface area contributed by atoms with Crippen molar-refractivity contribution in [2.75, 3.05) is 0 Å². The minimum Gasteiger partial charge on any atom is -0.387 e. The first-order valence-electron chi connectivity index (χ1n) is 7.57. The van der Waals surface area contributed by atoms with Crippen molar-refractivity contribution in [1.82, 2.24) is 9.13 Å². The Morgan fingerprint density at radius 3 is 2.33 bits per heavy atom. The summed E-state index contributed by atoms with van der Waals surface area (Å²) in [5.41, 5.74) is 2.04. The van der Waals surface area contributed by atoms with Crippen molar-refractivity contribution < 1.29 is 5.11 Å². The number of benzene rings is 1. The van der Waals surface area contributed by atoms with E-state index in [1.165, 1.54) is 5.56 Å². The first-order valence-corrected chi connectivity index (χ1v) is 7.57. The van der Waals surface area contributed by atoms with E-state index in [-0.39, 0.29) is 18.3 Å². The normalized spacial score (nSPS) is 12.8. The highest BCUT2D eigenvalue weighted by Crippen LogP contribution is 2.16. The lowest BCUT2D eigenvalue weighted by Crippen LogP contribution is -2.27. The van der Waals surface area contributed by atoms with Gasteiger partial charge in [0.15, 0.2) is 0 Å². The molecule has 0 radical (unpaired) electrons. The van der Waals surface area contributed by atoms with Gasteiger partial charge in [-0.3, -0.25) is 9.13 Å². The molecule has 0 saturated heterocycles. The minimum absolute atomic E-state index is 0.0772. The second kappa shape index (κ2) is 6.76. The summed E-state index contributed by atoms with van der Waals surface area (Å²) < 4.78 is 3.22. The average molecular weight is 288 g/mol. The van der Waals surface area contributed by atoms with Gasteiger partial charge in [-0.2, -0.15) is 0 Å². The number of hydrogen-bond donors (Lipinski definition) is 1. The molecule has 21 heavy (non-hydrogen) atoms. The maximum atomic E-state index is 12.1. The van der Waals surface area contributed by atoms with Crippen LogP contribution >= 0.6 is 0 Å². The molecule has 0 amide bonds. The summed E-state index contributed by atoms with van der Waals surface area (Å²) in [6, 6.07) is 8.11. The predicted molar refractivity (Wildman–Crippen MR) is 84.5 cm³/mol. The van der Waals surface area contributed by atoms with E-state index in [1.54, 1.807) is 21.5 Å². The summed E-state index contributed by atoms with van der Waals surface area (Å²) in [5, 5.41) is 10.3. The van der Waals surface area contributed by atoms with Crippen LogP contribution in [0.5, 0.6) is 0 Å². The van der Waals surface area contributed by atoms with Gasteiger partial charge in [-0.1, -0.05) is 37.6 Å². The van der Waals surface area contributed by atoms with E-state index in [9.17, 15) is 9.90 Å². The Kier molecular flexibility index (Phi) is 5.02. The number of aryl methyl sites for hydroxylation is 1. The molecule has 2 rings (SSSR count). The quantitative estimate of drug-likeness (QED) is 0.888. The molecule has 1 heterocycles. The molecule has 1 atom stereocenters. The number of aliphatic hydroxyl groups excluding tert-OH is 1. The first-order chi connectivity index (χ1) is 10.0. The van der Waals surface area contributed by atoms with Crippen LogP contribution in [-0.2, 0) is 13.0 Å². The molecule has 1 unspecified atom stereocenters. The molecule has 0 bridgehead atoms. The number of hydrogen-bond acceptors (Lipinski definition) is 2. The monoisotopic (exact) mass is 288 g/mol. The topological polar surface area (TPSA) is 47.2 Å². The summed E-state index contributed by atoms with van der Waals surface area (Å²) in [6.07, 6.45) is 5.00. The van der Waals surface area contributed by atoms with Crippen LogP contribution in [0.2, 0.25) is 0 Å². The Bertz CT molecular complexity index is 623. The van der Waals surface area contributed by atoms with Crippen LogP contribution in [0, 0.1) is 0 Å². The van der Waals surface area contributed by atoms with E-state index in [0.29, 0.717) is 0 Å². The van der Waals surface area contributed by atoms with Crippen LogP contribution in [0.1, 0.15) is 50.5 Å². The molecule has 1 aromatic heterocycles. The summed E-state index contributed by atoms with van der Waals surface area (Å²) in [4.78, 5) is 12.1. The highest BCUT2D eigenvalue weighted by Gasteiger charge is 2.12. The van der Waals surface area contributed by atoms with Crippen LogP contribution in [0.3, 0.4) is 0 Å². The van der Waals surface area contributed by atoms with E-state index < -0.39 is 6.10 Å². The van der Waals surface area contributed by atoms with Crippen molar-refractivity contribution in [3.63, 3.8) is 0 Å². The van der Waals surface area contributed by atoms with Crippen molar-refractivity contribution in [3.8, 4) is 0 Å². The number of imidazole rings is 1. The van der Waals surface area contributed by atoms with Gasteiger partial charge in [-0.05, 0) is 31.4 Å². The third kappa shape index (κ3) is 3.64. The number of rotatable bonds is 6. The molecule has 4 heteroatoms. The van der Waals surface area contributed by atoms with Crippen LogP contribution < -0.4 is 5.69 Å². The molecule has 114 valence electrons. The zero-order valence-electron chi connectivity index (χ0n) is 13.0. The highest BCUT2D eigenvalue weighted by atomic mass is 16.3. The van der Waals surface area contributed by atoms with Crippen molar-refractivity contribution in [2.24, 2.45) is 0 Å². The van der Waals surface area contributed by atoms with E-state index >= 15 is 0 Å². The van der Waals surface area contributed by atoms with E-state index in [2.05, 4.69) is 6.92 Å². The van der Waals surface area contributed by atoms with Gasteiger partial charge in [0.05, 0.1) is 12.6 Å². The summed E-state index contributed by atoms with van der Waals surface area (Å²) in [6.45, 7) is 6.36. The fourth-order valence-corrected chi connectivity index (χ4v) is 2.45. The minimum atomic E-state index is -0.665. The van der Waals surface area contributed by atoms with Crippen molar-refractivity contribution in [2.45, 2.75) is 52.3 Å². The third-order valence-electron chi connectivity index (χ3n) is 3.70. The van der Waals surface area contributed by atoms with Gasteiger partial charge < -0.3 is 5.11 Å². The Morgan fingerprint density at radius 2 is 1.81 bits per heavy atom. The second-order valence-electron chi connectivity index (χ2n) is 5.74. The summed E-state index contributed by atoms with van der Waals surface area (Å²) in [7, 11) is 0. The Morgan fingerprint density at radius 1 is 1.14 bits per heavy atom. The molecule has 0 spiro atoms. The Hall–Kier alpha value is -1.81. The third-order valence-corrected chi connectivity index (χ3v) is 3.70. The van der Waals surface area contributed by atoms with Gasteiger partial charge in [-0.15, -0.1) is 0 Å². The highest BCUT2D eigenvalue weighted by molar-refractivity contribution is 5.24. The molecule has 0 fully saturated rings. The molecular formula is C17H24N2O2. The molecule has 1 aromatic carbocycles. The molecule has 1 N–H and O–H groups in total. The van der Waals surface area contributed by atoms with Crippen molar-refractivity contribution in [3.05, 3.63) is 58.3 Å². The fraction of sp³-hybridized carbons (Fsp3) is 0.471. The van der Waals surface area contributed by atoms with Crippen molar-refractivity contribution in [1.29, 1.82) is 0 Å². The zero-order valence-corrected chi connectivity index (χ0v) is 13.0. The van der Waals surface area contributed by atoms with Gasteiger partial charge >= 0.3 is 5.69 Å². The van der Waals surface area contributed by atoms with Crippen LogP contribution in [0.4, 0.5) is 0 Å². The molecule has 0 aliphatic carbocycles. The summed E-state index contributed by atoms with van der Waals surface area (Å²) in [5.74, 6) is 0. The average Bonchev–Trinajstić information content (AvgIpc) is 2.81. The molecule has 2 aromatic rings. The summed E-state index contributed by atoms with van der Waals surface area (Å²) >= 11 is 0. The molecule has 0 aliphatic heterocycles.